The number of nitriles is 1. The Morgan fingerprint density at radius 3 is 2.34 bits per heavy atom. The molecule has 0 unspecified atom stereocenters. The third-order valence-electron chi connectivity index (χ3n) is 13.8. The van der Waals surface area contributed by atoms with Gasteiger partial charge in [0, 0.05) is 19.3 Å². The van der Waals surface area contributed by atoms with Crippen molar-refractivity contribution in [2.24, 2.45) is 61.8 Å². The second-order valence-electron chi connectivity index (χ2n) is 15.2. The maximum Gasteiger partial charge on any atom is 0.331 e. The van der Waals surface area contributed by atoms with Gasteiger partial charge in [-0.3, -0.25) is 4.79 Å². The molecule has 0 aromatic carbocycles. The Balaban J connectivity index is 1.53. The van der Waals surface area contributed by atoms with Crippen LogP contribution < -0.4 is 0 Å². The Labute approximate surface area is 246 Å². The van der Waals surface area contributed by atoms with Crippen LogP contribution in [0.4, 0.5) is 0 Å². The van der Waals surface area contributed by atoms with Crippen LogP contribution in [-0.2, 0) is 19.2 Å². The van der Waals surface area contributed by atoms with Crippen LogP contribution in [0.5, 0.6) is 0 Å². The molecule has 0 heterocycles. The van der Waals surface area contributed by atoms with E-state index in [-0.39, 0.29) is 58.6 Å². The standard InChI is InChI=1S/C34H50N2O5/c1-21(18-37)24-10-15-34(19-35)17-16-32(6)25(29(24)34)8-9-27-30(4)13-12-28(36-41-23(3)39)31(5,20-40-22(2)38)26(30)11-14-33(27,32)7/h24-27,29,37H,1,8-18,20H2,2-7H3/t24-,25+,26+,27+,29+,30-,31+,32+,33+,34+/m0/s1. The van der Waals surface area contributed by atoms with Gasteiger partial charge in [-0.05, 0) is 116 Å². The van der Waals surface area contributed by atoms with Crippen LogP contribution >= 0.6 is 0 Å². The summed E-state index contributed by atoms with van der Waals surface area (Å²) < 4.78 is 5.68. The highest BCUT2D eigenvalue weighted by atomic mass is 16.7. The summed E-state index contributed by atoms with van der Waals surface area (Å²) in [6.07, 6.45) is 9.82. The quantitative estimate of drug-likeness (QED) is 0.174. The second-order valence-corrected chi connectivity index (χ2v) is 15.2. The minimum Gasteiger partial charge on any atom is -0.465 e. The number of aliphatic hydroxyl groups is 1. The largest absolute Gasteiger partial charge is 0.465 e. The molecule has 5 fully saturated rings. The number of aliphatic hydroxyl groups excluding tert-OH is 1. The molecule has 5 rings (SSSR count). The average molecular weight is 567 g/mol. The predicted molar refractivity (Wildman–Crippen MR) is 156 cm³/mol. The lowest BCUT2D eigenvalue weighted by Crippen LogP contribution is -2.67. The summed E-state index contributed by atoms with van der Waals surface area (Å²) in [4.78, 5) is 28.8. The first-order valence-electron chi connectivity index (χ1n) is 15.8. The second kappa shape index (κ2) is 10.2. The fraction of sp³-hybridized carbons (Fsp3) is 0.824. The lowest BCUT2D eigenvalue weighted by Gasteiger charge is -2.72. The van der Waals surface area contributed by atoms with Gasteiger partial charge in [0.1, 0.15) is 6.61 Å². The molecule has 0 aromatic rings. The van der Waals surface area contributed by atoms with E-state index in [0.29, 0.717) is 18.3 Å². The molecule has 0 spiro atoms. The Hall–Kier alpha value is -2.20. The van der Waals surface area contributed by atoms with Gasteiger partial charge in [-0.1, -0.05) is 39.4 Å². The normalized spacial score (nSPS) is 47.7. The molecule has 0 aromatic heterocycles. The van der Waals surface area contributed by atoms with Crippen LogP contribution in [-0.4, -0.2) is 36.0 Å². The monoisotopic (exact) mass is 566 g/mol. The molecule has 5 aliphatic carbocycles. The number of nitrogens with zero attached hydrogens (tertiary/aromatic N) is 2. The van der Waals surface area contributed by atoms with Crippen molar-refractivity contribution in [1.29, 1.82) is 5.26 Å². The summed E-state index contributed by atoms with van der Waals surface area (Å²) >= 11 is 0. The fourth-order valence-corrected chi connectivity index (χ4v) is 11.7. The van der Waals surface area contributed by atoms with Crippen molar-refractivity contribution in [3.8, 4) is 6.07 Å². The lowest BCUT2D eigenvalue weighted by atomic mass is 9.32. The zero-order valence-corrected chi connectivity index (χ0v) is 26.1. The number of hydrogen-bond acceptors (Lipinski definition) is 7. The van der Waals surface area contributed by atoms with Crippen molar-refractivity contribution in [2.75, 3.05) is 13.2 Å². The van der Waals surface area contributed by atoms with E-state index in [1.165, 1.54) is 13.8 Å². The van der Waals surface area contributed by atoms with E-state index in [4.69, 9.17) is 9.57 Å². The third-order valence-corrected chi connectivity index (χ3v) is 13.8. The summed E-state index contributed by atoms with van der Waals surface area (Å²) in [7, 11) is 0. The first-order valence-corrected chi connectivity index (χ1v) is 15.8. The summed E-state index contributed by atoms with van der Waals surface area (Å²) in [6, 6.07) is 2.82. The van der Waals surface area contributed by atoms with Gasteiger partial charge in [0.2, 0.25) is 0 Å². The number of hydrogen-bond donors (Lipinski definition) is 1. The number of oxime groups is 1. The molecule has 226 valence electrons. The van der Waals surface area contributed by atoms with Gasteiger partial charge in [-0.15, -0.1) is 0 Å². The zero-order valence-electron chi connectivity index (χ0n) is 26.1. The van der Waals surface area contributed by atoms with Crippen molar-refractivity contribution in [1.82, 2.24) is 0 Å². The molecule has 7 nitrogen and oxygen atoms in total. The van der Waals surface area contributed by atoms with E-state index in [0.717, 1.165) is 69.1 Å². The lowest BCUT2D eigenvalue weighted by molar-refractivity contribution is -0.227. The molecule has 0 saturated heterocycles. The minimum atomic E-state index is -0.509. The molecular formula is C34H50N2O5. The third kappa shape index (κ3) is 4.25. The van der Waals surface area contributed by atoms with Gasteiger partial charge in [-0.25, -0.2) is 4.79 Å². The van der Waals surface area contributed by atoms with Crippen molar-refractivity contribution >= 4 is 17.7 Å². The van der Waals surface area contributed by atoms with Crippen LogP contribution in [0, 0.1) is 68.0 Å². The van der Waals surface area contributed by atoms with E-state index in [9.17, 15) is 20.0 Å². The Bertz CT molecular complexity index is 1190. The number of fused-ring (bicyclic) bond motifs is 7. The highest BCUT2D eigenvalue weighted by Gasteiger charge is 2.71. The molecule has 1 N–H and O–H groups in total. The molecule has 10 atom stereocenters. The maximum atomic E-state index is 12.0. The van der Waals surface area contributed by atoms with E-state index < -0.39 is 11.4 Å². The molecular weight excluding hydrogens is 516 g/mol. The molecule has 0 amide bonds. The van der Waals surface area contributed by atoms with Crippen molar-refractivity contribution < 1.29 is 24.3 Å². The summed E-state index contributed by atoms with van der Waals surface area (Å²) in [5.41, 5.74) is 1.13. The van der Waals surface area contributed by atoms with Crippen LogP contribution in [0.15, 0.2) is 17.3 Å². The van der Waals surface area contributed by atoms with Gasteiger partial charge in [0.25, 0.3) is 0 Å². The predicted octanol–water partition coefficient (Wildman–Crippen LogP) is 6.60. The summed E-state index contributed by atoms with van der Waals surface area (Å²) in [5, 5.41) is 24.9. The van der Waals surface area contributed by atoms with Gasteiger partial charge >= 0.3 is 11.9 Å². The maximum absolute atomic E-state index is 12.0. The zero-order chi connectivity index (χ0) is 30.0. The molecule has 0 aliphatic heterocycles. The minimum absolute atomic E-state index is 0.00387. The van der Waals surface area contributed by atoms with Crippen LogP contribution in [0.3, 0.4) is 0 Å². The SMILES string of the molecule is C=C(CO)[C@@H]1CC[C@]2(C#N)CC[C@]3(C)[C@H](CC[C@@H]4[C@@]5(C)CCC(=NOC(C)=O)[C@](C)(COC(C)=O)[C@@H]5CC[C@]43C)[C@@H]12. The first-order chi connectivity index (χ1) is 19.2. The topological polar surface area (TPSA) is 109 Å². The number of ether oxygens (including phenoxy) is 1. The van der Waals surface area contributed by atoms with Crippen molar-refractivity contribution in [3.63, 3.8) is 0 Å². The van der Waals surface area contributed by atoms with Crippen LogP contribution in [0.1, 0.15) is 106 Å². The smallest absolute Gasteiger partial charge is 0.331 e. The van der Waals surface area contributed by atoms with Gasteiger partial charge in [-0.2, -0.15) is 5.26 Å². The van der Waals surface area contributed by atoms with E-state index in [1.807, 2.05) is 0 Å². The Kier molecular flexibility index (Phi) is 7.54. The van der Waals surface area contributed by atoms with Gasteiger partial charge in [0.15, 0.2) is 0 Å². The van der Waals surface area contributed by atoms with Gasteiger partial charge in [0.05, 0.1) is 23.8 Å². The Morgan fingerprint density at radius 2 is 1.71 bits per heavy atom. The highest BCUT2D eigenvalue weighted by molar-refractivity contribution is 5.91. The van der Waals surface area contributed by atoms with E-state index >= 15 is 0 Å². The van der Waals surface area contributed by atoms with E-state index in [1.54, 1.807) is 0 Å². The number of carbonyl (C=O) groups is 2. The number of esters is 1. The van der Waals surface area contributed by atoms with E-state index in [2.05, 4.69) is 45.5 Å². The van der Waals surface area contributed by atoms with Gasteiger partial charge < -0.3 is 14.7 Å². The molecule has 41 heavy (non-hydrogen) atoms. The molecule has 0 radical (unpaired) electrons. The summed E-state index contributed by atoms with van der Waals surface area (Å²) in [6.45, 7) is 17.0. The molecule has 7 heteroatoms. The van der Waals surface area contributed by atoms with Crippen molar-refractivity contribution in [2.45, 2.75) is 106 Å². The van der Waals surface area contributed by atoms with Crippen molar-refractivity contribution in [3.05, 3.63) is 12.2 Å². The fourth-order valence-electron chi connectivity index (χ4n) is 11.7. The van der Waals surface area contributed by atoms with Crippen LogP contribution in [0.25, 0.3) is 0 Å². The number of rotatable bonds is 5. The first kappa shape index (κ1) is 30.3. The molecule has 5 saturated carbocycles. The average Bonchev–Trinajstić information content (AvgIpc) is 3.31. The van der Waals surface area contributed by atoms with Crippen LogP contribution in [0.2, 0.25) is 0 Å². The Morgan fingerprint density at radius 1 is 0.976 bits per heavy atom. The highest BCUT2D eigenvalue weighted by Crippen LogP contribution is 2.77. The summed E-state index contributed by atoms with van der Waals surface area (Å²) in [5.74, 6) is 0.893. The molecule has 5 aliphatic rings. The number of carbonyl (C=O) groups excluding carboxylic acids is 2. The molecule has 0 bridgehead atoms.